The fourth-order valence-electron chi connectivity index (χ4n) is 3.28. The van der Waals surface area contributed by atoms with Gasteiger partial charge in [-0.1, -0.05) is 6.07 Å². The molecule has 1 fully saturated rings. The minimum Gasteiger partial charge on any atom is -0.342 e. The van der Waals surface area contributed by atoms with E-state index in [1.54, 1.807) is 6.07 Å². The molecule has 0 bridgehead atoms. The lowest BCUT2D eigenvalue weighted by Gasteiger charge is -2.33. The molecule has 1 aliphatic heterocycles. The molecule has 0 radical (unpaired) electrons. The highest BCUT2D eigenvalue weighted by molar-refractivity contribution is 5.76. The Hall–Kier alpha value is -1.49. The van der Waals surface area contributed by atoms with E-state index in [0.29, 0.717) is 18.4 Å². The highest BCUT2D eigenvalue weighted by Crippen LogP contribution is 2.22. The highest BCUT2D eigenvalue weighted by Gasteiger charge is 2.23. The lowest BCUT2D eigenvalue weighted by Crippen LogP contribution is -2.41. The van der Waals surface area contributed by atoms with Crippen molar-refractivity contribution in [3.05, 3.63) is 35.4 Å². The fourth-order valence-corrected chi connectivity index (χ4v) is 3.28. The molecule has 0 spiro atoms. The lowest BCUT2D eigenvalue weighted by molar-refractivity contribution is -0.133. The van der Waals surface area contributed by atoms with Crippen molar-refractivity contribution in [2.45, 2.75) is 52.0 Å². The van der Waals surface area contributed by atoms with E-state index in [1.807, 2.05) is 11.9 Å². The summed E-state index contributed by atoms with van der Waals surface area (Å²) < 4.78 is 26.3. The Morgan fingerprint density at radius 2 is 2.08 bits per heavy atom. The first-order valence-corrected chi connectivity index (χ1v) is 9.28. The molecule has 0 aliphatic carbocycles. The number of nitrogens with zero attached hydrogens (tertiary/aromatic N) is 2. The van der Waals surface area contributed by atoms with Crippen LogP contribution in [0.4, 0.5) is 8.78 Å². The van der Waals surface area contributed by atoms with Gasteiger partial charge in [0.2, 0.25) is 5.91 Å². The van der Waals surface area contributed by atoms with E-state index in [4.69, 9.17) is 0 Å². The number of halogens is 2. The molecule has 0 N–H and O–H groups in total. The van der Waals surface area contributed by atoms with Gasteiger partial charge < -0.3 is 9.80 Å². The Labute approximate surface area is 150 Å². The van der Waals surface area contributed by atoms with E-state index >= 15 is 0 Å². The van der Waals surface area contributed by atoms with E-state index in [9.17, 15) is 13.6 Å². The van der Waals surface area contributed by atoms with Crippen LogP contribution in [0, 0.1) is 17.6 Å². The van der Waals surface area contributed by atoms with E-state index in [0.717, 1.165) is 50.9 Å². The van der Waals surface area contributed by atoms with Crippen LogP contribution in [0.15, 0.2) is 18.2 Å². The molecule has 25 heavy (non-hydrogen) atoms. The molecule has 1 aromatic rings. The van der Waals surface area contributed by atoms with Gasteiger partial charge in [0.1, 0.15) is 0 Å². The third kappa shape index (κ3) is 6.07. The number of carbonyl (C=O) groups is 1. The summed E-state index contributed by atoms with van der Waals surface area (Å²) >= 11 is 0. The van der Waals surface area contributed by atoms with Gasteiger partial charge >= 0.3 is 0 Å². The van der Waals surface area contributed by atoms with Crippen LogP contribution in [0.25, 0.3) is 0 Å². The van der Waals surface area contributed by atoms with Crippen molar-refractivity contribution in [3.63, 3.8) is 0 Å². The van der Waals surface area contributed by atoms with E-state index in [1.165, 1.54) is 12.1 Å². The molecular weight excluding hydrogens is 322 g/mol. The highest BCUT2D eigenvalue weighted by atomic mass is 19.2. The summed E-state index contributed by atoms with van der Waals surface area (Å²) in [7, 11) is 2.04. The molecule has 1 amide bonds. The zero-order chi connectivity index (χ0) is 18.4. The average molecular weight is 352 g/mol. The molecule has 0 saturated carbocycles. The number of carbonyl (C=O) groups excluding carboxylic acids is 1. The van der Waals surface area contributed by atoms with Crippen LogP contribution >= 0.6 is 0 Å². The zero-order valence-electron chi connectivity index (χ0n) is 15.6. The third-order valence-electron chi connectivity index (χ3n) is 5.26. The van der Waals surface area contributed by atoms with E-state index in [2.05, 4.69) is 18.7 Å². The first-order chi connectivity index (χ1) is 11.9. The lowest BCUT2D eigenvalue weighted by atomic mass is 9.91. The first-order valence-electron chi connectivity index (χ1n) is 9.28. The topological polar surface area (TPSA) is 23.6 Å². The second-order valence-electron chi connectivity index (χ2n) is 7.46. The Balaban J connectivity index is 1.79. The molecule has 1 heterocycles. The molecule has 1 aliphatic rings. The van der Waals surface area contributed by atoms with Gasteiger partial charge in [0.25, 0.3) is 0 Å². The van der Waals surface area contributed by atoms with Crippen molar-refractivity contribution < 1.29 is 13.6 Å². The molecule has 2 rings (SSSR count). The van der Waals surface area contributed by atoms with Crippen LogP contribution in [-0.4, -0.2) is 48.4 Å². The van der Waals surface area contributed by atoms with Crippen molar-refractivity contribution in [1.82, 2.24) is 9.80 Å². The number of aryl methyl sites for hydroxylation is 1. The molecule has 0 aromatic heterocycles. The smallest absolute Gasteiger partial charge is 0.223 e. The van der Waals surface area contributed by atoms with Crippen LogP contribution in [0.3, 0.4) is 0 Å². The molecule has 1 unspecified atom stereocenters. The van der Waals surface area contributed by atoms with Gasteiger partial charge in [-0.15, -0.1) is 0 Å². The summed E-state index contributed by atoms with van der Waals surface area (Å²) in [4.78, 5) is 16.6. The number of hydrogen-bond donors (Lipinski definition) is 0. The summed E-state index contributed by atoms with van der Waals surface area (Å²) in [6.45, 7) is 6.66. The standard InChI is InChI=1S/C20H30F2N2O/c1-15(2)23(3)12-10-20(25)24-11-4-5-17(14-24)7-6-16-8-9-18(21)19(22)13-16/h8-9,13,15,17H,4-7,10-12,14H2,1-3H3. The Kier molecular flexibility index (Phi) is 7.36. The fraction of sp³-hybridized carbons (Fsp3) is 0.650. The molecule has 3 nitrogen and oxygen atoms in total. The van der Waals surface area contributed by atoms with Crippen LogP contribution in [0.2, 0.25) is 0 Å². The largest absolute Gasteiger partial charge is 0.342 e. The van der Waals surface area contributed by atoms with Gasteiger partial charge in [-0.3, -0.25) is 4.79 Å². The number of piperidine rings is 1. The average Bonchev–Trinajstić information content (AvgIpc) is 2.60. The minimum absolute atomic E-state index is 0.227. The summed E-state index contributed by atoms with van der Waals surface area (Å²) in [5, 5.41) is 0. The van der Waals surface area contributed by atoms with Gasteiger partial charge in [0.05, 0.1) is 0 Å². The summed E-state index contributed by atoms with van der Waals surface area (Å²) in [6, 6.07) is 4.56. The van der Waals surface area contributed by atoms with Crippen LogP contribution in [0.1, 0.15) is 45.1 Å². The van der Waals surface area contributed by atoms with Crippen molar-refractivity contribution in [2.75, 3.05) is 26.7 Å². The number of hydrogen-bond acceptors (Lipinski definition) is 2. The van der Waals surface area contributed by atoms with Gasteiger partial charge in [-0.2, -0.15) is 0 Å². The maximum Gasteiger partial charge on any atom is 0.223 e. The van der Waals surface area contributed by atoms with Crippen molar-refractivity contribution >= 4 is 5.91 Å². The van der Waals surface area contributed by atoms with E-state index < -0.39 is 11.6 Å². The van der Waals surface area contributed by atoms with Gasteiger partial charge in [0, 0.05) is 32.1 Å². The number of amides is 1. The number of benzene rings is 1. The normalized spacial score (nSPS) is 18.2. The molecule has 1 atom stereocenters. The summed E-state index contributed by atoms with van der Waals surface area (Å²) in [5.41, 5.74) is 0.820. The first kappa shape index (κ1) is 19.8. The Bertz CT molecular complexity index is 577. The van der Waals surface area contributed by atoms with Crippen LogP contribution in [0.5, 0.6) is 0 Å². The number of likely N-dealkylation sites (tertiary alicyclic amines) is 1. The van der Waals surface area contributed by atoms with Gasteiger partial charge in [-0.05, 0) is 70.2 Å². The third-order valence-corrected chi connectivity index (χ3v) is 5.26. The maximum atomic E-state index is 13.3. The molecule has 5 heteroatoms. The Morgan fingerprint density at radius 3 is 2.76 bits per heavy atom. The molecule has 1 saturated heterocycles. The predicted molar refractivity (Wildman–Crippen MR) is 96.4 cm³/mol. The molecule has 140 valence electrons. The van der Waals surface area contributed by atoms with Crippen molar-refractivity contribution in [1.29, 1.82) is 0 Å². The van der Waals surface area contributed by atoms with Crippen LogP contribution < -0.4 is 0 Å². The second-order valence-corrected chi connectivity index (χ2v) is 7.46. The predicted octanol–water partition coefficient (Wildman–Crippen LogP) is 3.87. The van der Waals surface area contributed by atoms with Gasteiger partial charge in [0.15, 0.2) is 11.6 Å². The maximum absolute atomic E-state index is 13.3. The van der Waals surface area contributed by atoms with E-state index in [-0.39, 0.29) is 5.91 Å². The quantitative estimate of drug-likeness (QED) is 0.744. The second kappa shape index (κ2) is 9.27. The molecule has 1 aromatic carbocycles. The number of rotatable bonds is 7. The van der Waals surface area contributed by atoms with Crippen molar-refractivity contribution in [2.24, 2.45) is 5.92 Å². The van der Waals surface area contributed by atoms with Gasteiger partial charge in [-0.25, -0.2) is 8.78 Å². The van der Waals surface area contributed by atoms with Crippen LogP contribution in [-0.2, 0) is 11.2 Å². The monoisotopic (exact) mass is 352 g/mol. The molecular formula is C20H30F2N2O. The Morgan fingerprint density at radius 1 is 1.32 bits per heavy atom. The van der Waals surface area contributed by atoms with Crippen molar-refractivity contribution in [3.8, 4) is 0 Å². The zero-order valence-corrected chi connectivity index (χ0v) is 15.6. The minimum atomic E-state index is -0.801. The SMILES string of the molecule is CC(C)N(C)CCC(=O)N1CCCC(CCc2ccc(F)c(F)c2)C1. The summed E-state index contributed by atoms with van der Waals surface area (Å²) in [5.74, 6) is -0.921. The summed E-state index contributed by atoms with van der Waals surface area (Å²) in [6.07, 6.45) is 4.30.